The number of benzene rings is 2. The predicted octanol–water partition coefficient (Wildman–Crippen LogP) is 2.35. The fraction of sp³-hybridized carbons (Fsp3) is 0.346. The molecule has 1 aliphatic rings. The van der Waals surface area contributed by atoms with Crippen molar-refractivity contribution >= 4 is 45.0 Å². The van der Waals surface area contributed by atoms with Crippen molar-refractivity contribution in [3.8, 4) is 6.01 Å². The van der Waals surface area contributed by atoms with Gasteiger partial charge in [-0.15, -0.1) is 0 Å². The Balaban J connectivity index is 1.52. The molecule has 0 radical (unpaired) electrons. The first kappa shape index (κ1) is 25.3. The highest BCUT2D eigenvalue weighted by molar-refractivity contribution is 6.14. The van der Waals surface area contributed by atoms with Gasteiger partial charge >= 0.3 is 6.01 Å². The number of hydrogen-bond acceptors (Lipinski definition) is 8. The summed E-state index contributed by atoms with van der Waals surface area (Å²) in [5.41, 5.74) is 7.27. The van der Waals surface area contributed by atoms with Gasteiger partial charge in [-0.3, -0.25) is 14.3 Å². The molecule has 2 atom stereocenters. The minimum atomic E-state index is -0.534. The van der Waals surface area contributed by atoms with Crippen LogP contribution in [0.2, 0.25) is 0 Å². The van der Waals surface area contributed by atoms with Gasteiger partial charge in [0.05, 0.1) is 17.5 Å². The smallest absolute Gasteiger partial charge is 0.316 e. The second-order valence-corrected chi connectivity index (χ2v) is 9.64. The molecule has 1 fully saturated rings. The summed E-state index contributed by atoms with van der Waals surface area (Å²) in [4.78, 5) is 35.6. The van der Waals surface area contributed by atoms with Crippen LogP contribution in [-0.4, -0.2) is 63.3 Å². The molecule has 0 bridgehead atoms. The highest BCUT2D eigenvalue weighted by Crippen LogP contribution is 2.31. The first-order valence-corrected chi connectivity index (χ1v) is 12.3. The molecule has 11 nitrogen and oxygen atoms in total. The third kappa shape index (κ3) is 5.21. The van der Waals surface area contributed by atoms with E-state index in [1.54, 1.807) is 31.6 Å². The third-order valence-corrected chi connectivity index (χ3v) is 6.36. The van der Waals surface area contributed by atoms with Crippen molar-refractivity contribution in [1.29, 1.82) is 0 Å². The normalized spacial score (nSPS) is 17.6. The molecule has 4 aromatic rings. The topological polar surface area (TPSA) is 140 Å². The Morgan fingerprint density at radius 3 is 2.71 bits per heavy atom. The van der Waals surface area contributed by atoms with E-state index >= 15 is 0 Å². The van der Waals surface area contributed by atoms with Gasteiger partial charge in [-0.1, -0.05) is 0 Å². The van der Waals surface area contributed by atoms with E-state index in [0.717, 1.165) is 18.8 Å². The maximum atomic E-state index is 14.6. The monoisotopic (exact) mass is 520 g/mol. The molecule has 2 aromatic heterocycles. The van der Waals surface area contributed by atoms with Crippen molar-refractivity contribution in [3.63, 3.8) is 0 Å². The van der Waals surface area contributed by atoms with Crippen LogP contribution in [0.5, 0.6) is 6.01 Å². The highest BCUT2D eigenvalue weighted by atomic mass is 19.1. The molecular formula is C26H29FN8O3. The van der Waals surface area contributed by atoms with Gasteiger partial charge in [0.2, 0.25) is 5.91 Å². The Morgan fingerprint density at radius 2 is 1.97 bits per heavy atom. The Kier molecular flexibility index (Phi) is 6.81. The molecule has 5 rings (SSSR count). The Hall–Kier alpha value is -4.32. The lowest BCUT2D eigenvalue weighted by Gasteiger charge is -2.38. The van der Waals surface area contributed by atoms with E-state index in [2.05, 4.69) is 44.4 Å². The number of carbonyl (C=O) groups is 2. The minimum Gasteiger partial charge on any atom is -0.463 e. The van der Waals surface area contributed by atoms with E-state index < -0.39 is 17.6 Å². The lowest BCUT2D eigenvalue weighted by molar-refractivity contribution is -0.118. The molecule has 1 saturated heterocycles. The zero-order valence-corrected chi connectivity index (χ0v) is 21.4. The summed E-state index contributed by atoms with van der Waals surface area (Å²) in [7, 11) is 1.70. The van der Waals surface area contributed by atoms with Crippen LogP contribution in [0.25, 0.3) is 21.8 Å². The average Bonchev–Trinajstić information content (AvgIpc) is 3.23. The molecule has 0 saturated carbocycles. The second-order valence-electron chi connectivity index (χ2n) is 9.64. The number of aryl methyl sites for hydroxylation is 1. The number of amides is 2. The van der Waals surface area contributed by atoms with Crippen LogP contribution in [0.15, 0.2) is 36.7 Å². The molecule has 38 heavy (non-hydrogen) atoms. The minimum absolute atomic E-state index is 0.00766. The van der Waals surface area contributed by atoms with E-state index in [-0.39, 0.29) is 42.2 Å². The maximum Gasteiger partial charge on any atom is 0.316 e. The number of anilines is 2. The summed E-state index contributed by atoms with van der Waals surface area (Å²) < 4.78 is 21.6. The van der Waals surface area contributed by atoms with E-state index in [0.29, 0.717) is 22.0 Å². The average molecular weight is 521 g/mol. The zero-order chi connectivity index (χ0) is 27.0. The number of nitrogens with two attached hydrogens (primary N) is 1. The second kappa shape index (κ2) is 10.2. The summed E-state index contributed by atoms with van der Waals surface area (Å²) in [5.74, 6) is -1.51. The Labute approximate surface area is 218 Å². The summed E-state index contributed by atoms with van der Waals surface area (Å²) in [6.07, 6.45) is 3.30. The number of ether oxygens (including phenoxy) is 1. The van der Waals surface area contributed by atoms with Crippen LogP contribution in [-0.2, 0) is 11.8 Å². The van der Waals surface area contributed by atoms with Crippen LogP contribution in [0, 0.1) is 5.82 Å². The molecule has 2 amide bonds. The van der Waals surface area contributed by atoms with Crippen molar-refractivity contribution in [2.75, 3.05) is 29.9 Å². The number of fused-ring (bicyclic) bond motifs is 2. The van der Waals surface area contributed by atoms with E-state index in [4.69, 9.17) is 10.5 Å². The quantitative estimate of drug-likeness (QED) is 0.337. The van der Waals surface area contributed by atoms with Gasteiger partial charge in [0.15, 0.2) is 5.82 Å². The van der Waals surface area contributed by atoms with Gasteiger partial charge in [0.1, 0.15) is 12.1 Å². The third-order valence-electron chi connectivity index (χ3n) is 6.36. The Bertz CT molecular complexity index is 1530. The van der Waals surface area contributed by atoms with Crippen molar-refractivity contribution in [3.05, 3.63) is 48.0 Å². The summed E-state index contributed by atoms with van der Waals surface area (Å²) in [5, 5.41) is 11.6. The molecule has 0 unspecified atom stereocenters. The fourth-order valence-corrected chi connectivity index (χ4v) is 4.87. The molecule has 4 N–H and O–H groups in total. The first-order chi connectivity index (χ1) is 18.2. The van der Waals surface area contributed by atoms with Crippen LogP contribution in [0.3, 0.4) is 0 Å². The lowest BCUT2D eigenvalue weighted by atomic mass is 10.0. The number of primary amides is 1. The molecular weight excluding hydrogens is 491 g/mol. The van der Waals surface area contributed by atoms with E-state index in [1.165, 1.54) is 10.7 Å². The van der Waals surface area contributed by atoms with Gasteiger partial charge in [-0.2, -0.15) is 10.1 Å². The number of nitrogens with one attached hydrogen (secondary N) is 2. The molecule has 12 heteroatoms. The molecule has 1 aliphatic heterocycles. The molecule has 0 aliphatic carbocycles. The van der Waals surface area contributed by atoms with E-state index in [1.807, 2.05) is 6.07 Å². The number of carbonyl (C=O) groups excluding carboxylic acids is 2. The first-order valence-electron chi connectivity index (χ1n) is 12.3. The highest BCUT2D eigenvalue weighted by Gasteiger charge is 2.25. The van der Waals surface area contributed by atoms with Crippen LogP contribution in [0.1, 0.15) is 30.6 Å². The van der Waals surface area contributed by atoms with Crippen LogP contribution in [0.4, 0.5) is 15.8 Å². The van der Waals surface area contributed by atoms with Crippen molar-refractivity contribution in [2.24, 2.45) is 12.8 Å². The van der Waals surface area contributed by atoms with Gasteiger partial charge in [0, 0.05) is 66.8 Å². The number of hydrogen-bond donors (Lipinski definition) is 3. The number of halogens is 1. The Morgan fingerprint density at radius 1 is 1.21 bits per heavy atom. The van der Waals surface area contributed by atoms with Gasteiger partial charge < -0.3 is 26.0 Å². The summed E-state index contributed by atoms with van der Waals surface area (Å²) in [6.45, 7) is 5.79. The van der Waals surface area contributed by atoms with Crippen LogP contribution >= 0.6 is 0 Å². The van der Waals surface area contributed by atoms with Gasteiger partial charge in [-0.05, 0) is 38.1 Å². The zero-order valence-electron chi connectivity index (χ0n) is 21.4. The number of nitrogens with zero attached hydrogens (tertiary/aromatic N) is 5. The lowest BCUT2D eigenvalue weighted by Crippen LogP contribution is -2.54. The number of aromatic nitrogens is 4. The maximum absolute atomic E-state index is 14.6. The SMILES string of the molecule is C[C@@H]1CN(c2ccc(C(=O)Nc3cc(F)c4nn(C)cc4c3)c3nc(OCCC(N)=O)ncc23)C[C@H](C)N1. The van der Waals surface area contributed by atoms with Gasteiger partial charge in [0.25, 0.3) is 5.91 Å². The molecule has 2 aromatic carbocycles. The number of piperazine rings is 1. The largest absolute Gasteiger partial charge is 0.463 e. The standard InChI is InChI=1S/C26H29FN8O3/c1-14-11-35(12-15(2)30-14)21-5-4-18(24-19(21)10-29-26(32-24)38-7-6-22(28)36)25(37)31-17-8-16-13-34(3)33-23(16)20(27)9-17/h4-5,8-10,13-15,30H,6-7,11-12H2,1-3H3,(H2,28,36)(H,31,37)/t14-,15+. The van der Waals surface area contributed by atoms with Crippen molar-refractivity contribution in [2.45, 2.75) is 32.4 Å². The molecule has 0 spiro atoms. The number of rotatable bonds is 7. The fourth-order valence-electron chi connectivity index (χ4n) is 4.87. The van der Waals surface area contributed by atoms with Gasteiger partial charge in [-0.25, -0.2) is 9.37 Å². The van der Waals surface area contributed by atoms with Crippen molar-refractivity contribution in [1.82, 2.24) is 25.1 Å². The van der Waals surface area contributed by atoms with Crippen LogP contribution < -0.4 is 26.0 Å². The summed E-state index contributed by atoms with van der Waals surface area (Å²) in [6, 6.07) is 7.04. The molecule has 198 valence electrons. The molecule has 3 heterocycles. The predicted molar refractivity (Wildman–Crippen MR) is 142 cm³/mol. The van der Waals surface area contributed by atoms with E-state index in [9.17, 15) is 14.0 Å². The summed E-state index contributed by atoms with van der Waals surface area (Å²) >= 11 is 0. The van der Waals surface area contributed by atoms with Crippen molar-refractivity contribution < 1.29 is 18.7 Å².